The van der Waals surface area contributed by atoms with Gasteiger partial charge >= 0.3 is 5.97 Å². The molecule has 1 saturated heterocycles. The predicted octanol–water partition coefficient (Wildman–Crippen LogP) is -0.266. The summed E-state index contributed by atoms with van der Waals surface area (Å²) < 4.78 is 10.7. The molecular formula is C15H25NO6. The number of ether oxygens (including phenoxy) is 2. The molecule has 3 N–H and O–H groups in total. The van der Waals surface area contributed by atoms with Crippen LogP contribution in [0.3, 0.4) is 0 Å². The Morgan fingerprint density at radius 1 is 1.27 bits per heavy atom. The van der Waals surface area contributed by atoms with E-state index in [1.807, 2.05) is 6.92 Å². The quantitative estimate of drug-likeness (QED) is 0.583. The number of aliphatic hydroxyl groups excluding tert-OH is 2. The van der Waals surface area contributed by atoms with Crippen molar-refractivity contribution in [3.63, 3.8) is 0 Å². The first-order valence-electron chi connectivity index (χ1n) is 7.91. The average molecular weight is 315 g/mol. The van der Waals surface area contributed by atoms with Crippen molar-refractivity contribution in [2.45, 2.75) is 70.0 Å². The van der Waals surface area contributed by atoms with Crippen LogP contribution in [0.5, 0.6) is 0 Å². The van der Waals surface area contributed by atoms with Crippen LogP contribution in [0.1, 0.15) is 39.5 Å². The molecule has 0 aromatic heterocycles. The number of nitrogens with one attached hydrogen (secondary N) is 1. The summed E-state index contributed by atoms with van der Waals surface area (Å²) in [6.07, 6.45) is -0.893. The minimum absolute atomic E-state index is 0.0239. The Morgan fingerprint density at radius 2 is 1.95 bits per heavy atom. The van der Waals surface area contributed by atoms with Crippen LogP contribution in [0.25, 0.3) is 0 Å². The molecule has 0 spiro atoms. The molecule has 5 atom stereocenters. The number of carbonyl (C=O) groups is 2. The maximum atomic E-state index is 11.7. The highest BCUT2D eigenvalue weighted by atomic mass is 16.6. The van der Waals surface area contributed by atoms with E-state index in [1.54, 1.807) is 6.92 Å². The normalized spacial score (nSPS) is 35.0. The monoisotopic (exact) mass is 315 g/mol. The lowest BCUT2D eigenvalue weighted by molar-refractivity contribution is -0.198. The van der Waals surface area contributed by atoms with Crippen LogP contribution in [0.15, 0.2) is 0 Å². The summed E-state index contributed by atoms with van der Waals surface area (Å²) >= 11 is 0. The van der Waals surface area contributed by atoms with Gasteiger partial charge in [0.1, 0.15) is 24.9 Å². The fourth-order valence-electron chi connectivity index (χ4n) is 2.58. The minimum atomic E-state index is -1.21. The van der Waals surface area contributed by atoms with Crippen molar-refractivity contribution in [1.29, 1.82) is 0 Å². The maximum Gasteiger partial charge on any atom is 0.309 e. The number of carbonyl (C=O) groups excluding carboxylic acids is 2. The summed E-state index contributed by atoms with van der Waals surface area (Å²) in [5.74, 6) is -0.492. The third kappa shape index (κ3) is 4.18. The fourth-order valence-corrected chi connectivity index (χ4v) is 2.58. The molecule has 1 aliphatic heterocycles. The summed E-state index contributed by atoms with van der Waals surface area (Å²) in [4.78, 5) is 23.2. The van der Waals surface area contributed by atoms with Crippen molar-refractivity contribution in [1.82, 2.24) is 5.32 Å². The summed E-state index contributed by atoms with van der Waals surface area (Å²) in [5.41, 5.74) is 0. The first-order valence-corrected chi connectivity index (χ1v) is 7.91. The Balaban J connectivity index is 1.86. The highest BCUT2D eigenvalue weighted by Crippen LogP contribution is 2.30. The van der Waals surface area contributed by atoms with E-state index in [-0.39, 0.29) is 24.4 Å². The van der Waals surface area contributed by atoms with Gasteiger partial charge in [0.15, 0.2) is 0 Å². The maximum absolute atomic E-state index is 11.7. The summed E-state index contributed by atoms with van der Waals surface area (Å²) in [6, 6.07) is -0.676. The third-order valence-corrected chi connectivity index (χ3v) is 4.10. The van der Waals surface area contributed by atoms with Crippen LogP contribution in [0.4, 0.5) is 0 Å². The molecule has 2 aliphatic rings. The topological polar surface area (TPSA) is 105 Å². The summed E-state index contributed by atoms with van der Waals surface area (Å²) in [7, 11) is 0. The van der Waals surface area contributed by atoms with E-state index in [1.165, 1.54) is 0 Å². The lowest BCUT2D eigenvalue weighted by Crippen LogP contribution is -2.63. The molecule has 1 heterocycles. The van der Waals surface area contributed by atoms with Crippen molar-refractivity contribution >= 4 is 11.9 Å². The average Bonchev–Trinajstić information content (AvgIpc) is 3.30. The molecule has 1 aliphatic carbocycles. The number of hydrogen-bond donors (Lipinski definition) is 3. The third-order valence-electron chi connectivity index (χ3n) is 4.10. The Bertz CT molecular complexity index is 411. The molecule has 0 aromatic rings. The first kappa shape index (κ1) is 17.2. The van der Waals surface area contributed by atoms with Crippen LogP contribution in [-0.4, -0.2) is 59.2 Å². The molecule has 2 rings (SSSR count). The van der Waals surface area contributed by atoms with Gasteiger partial charge < -0.3 is 25.0 Å². The number of hydrogen-bond acceptors (Lipinski definition) is 6. The SMILES string of the molecule is CCCC(=O)N[C@H]1C(C)O[C@H](COC(=O)C2CC2)[C@@H](O)[C@@H]1O. The van der Waals surface area contributed by atoms with Crippen LogP contribution in [0, 0.1) is 5.92 Å². The van der Waals surface area contributed by atoms with Crippen LogP contribution in [0.2, 0.25) is 0 Å². The molecule has 0 bridgehead atoms. The van der Waals surface area contributed by atoms with Gasteiger partial charge in [-0.1, -0.05) is 6.92 Å². The van der Waals surface area contributed by atoms with Crippen molar-refractivity contribution in [2.75, 3.05) is 6.61 Å². The van der Waals surface area contributed by atoms with Gasteiger partial charge in [0.05, 0.1) is 18.1 Å². The standard InChI is InChI=1S/C15H25NO6/c1-3-4-11(17)16-12-8(2)22-10(13(18)14(12)19)7-21-15(20)9-5-6-9/h8-10,12-14,18-19H,3-7H2,1-2H3,(H,16,17)/t8?,10-,12+,13-,14-/m1/s1. The van der Waals surface area contributed by atoms with Gasteiger partial charge in [-0.05, 0) is 26.2 Å². The molecule has 0 aromatic carbocycles. The zero-order valence-electron chi connectivity index (χ0n) is 13.0. The molecule has 7 nitrogen and oxygen atoms in total. The second-order valence-corrected chi connectivity index (χ2v) is 6.11. The van der Waals surface area contributed by atoms with Crippen LogP contribution >= 0.6 is 0 Å². The van der Waals surface area contributed by atoms with Crippen molar-refractivity contribution in [2.24, 2.45) is 5.92 Å². The van der Waals surface area contributed by atoms with E-state index >= 15 is 0 Å². The lowest BCUT2D eigenvalue weighted by atomic mass is 9.93. The van der Waals surface area contributed by atoms with Crippen molar-refractivity contribution < 1.29 is 29.3 Å². The number of aliphatic hydroxyl groups is 2. The van der Waals surface area contributed by atoms with Gasteiger partial charge in [0.25, 0.3) is 0 Å². The van der Waals surface area contributed by atoms with Crippen LogP contribution in [-0.2, 0) is 19.1 Å². The summed E-state index contributed by atoms with van der Waals surface area (Å²) in [6.45, 7) is 3.51. The second kappa shape index (κ2) is 7.39. The molecule has 7 heteroatoms. The largest absolute Gasteiger partial charge is 0.463 e. The van der Waals surface area contributed by atoms with E-state index in [0.717, 1.165) is 12.8 Å². The molecule has 0 radical (unpaired) electrons. The number of esters is 1. The van der Waals surface area contributed by atoms with E-state index in [0.29, 0.717) is 12.8 Å². The van der Waals surface area contributed by atoms with Crippen molar-refractivity contribution in [3.05, 3.63) is 0 Å². The molecule has 1 amide bonds. The van der Waals surface area contributed by atoms with Gasteiger partial charge in [-0.3, -0.25) is 9.59 Å². The van der Waals surface area contributed by atoms with Crippen LogP contribution < -0.4 is 5.32 Å². The minimum Gasteiger partial charge on any atom is -0.463 e. The lowest BCUT2D eigenvalue weighted by Gasteiger charge is -2.41. The van der Waals surface area contributed by atoms with Gasteiger partial charge in [0.2, 0.25) is 5.91 Å². The summed E-state index contributed by atoms with van der Waals surface area (Å²) in [5, 5.41) is 23.0. The zero-order valence-corrected chi connectivity index (χ0v) is 13.0. The van der Waals surface area contributed by atoms with E-state index in [2.05, 4.69) is 5.32 Å². The van der Waals surface area contributed by atoms with Gasteiger partial charge in [-0.15, -0.1) is 0 Å². The highest BCUT2D eigenvalue weighted by molar-refractivity contribution is 5.76. The Hall–Kier alpha value is -1.18. The molecule has 2 fully saturated rings. The Morgan fingerprint density at radius 3 is 2.55 bits per heavy atom. The first-order chi connectivity index (χ1) is 10.4. The van der Waals surface area contributed by atoms with E-state index in [9.17, 15) is 19.8 Å². The molecule has 1 unspecified atom stereocenters. The smallest absolute Gasteiger partial charge is 0.309 e. The number of rotatable bonds is 6. The molecule has 22 heavy (non-hydrogen) atoms. The Kier molecular flexibility index (Phi) is 5.77. The zero-order chi connectivity index (χ0) is 16.3. The molecule has 1 saturated carbocycles. The Labute approximate surface area is 130 Å². The van der Waals surface area contributed by atoms with E-state index < -0.39 is 30.5 Å². The predicted molar refractivity (Wildman–Crippen MR) is 76.9 cm³/mol. The number of amides is 1. The molecular weight excluding hydrogens is 290 g/mol. The van der Waals surface area contributed by atoms with Gasteiger partial charge in [-0.25, -0.2) is 0 Å². The van der Waals surface area contributed by atoms with Crippen molar-refractivity contribution in [3.8, 4) is 0 Å². The fraction of sp³-hybridized carbons (Fsp3) is 0.867. The highest BCUT2D eigenvalue weighted by Gasteiger charge is 2.44. The molecule has 126 valence electrons. The second-order valence-electron chi connectivity index (χ2n) is 6.11. The van der Waals surface area contributed by atoms with E-state index in [4.69, 9.17) is 9.47 Å². The van der Waals surface area contributed by atoms with Gasteiger partial charge in [0, 0.05) is 6.42 Å². The van der Waals surface area contributed by atoms with Gasteiger partial charge in [-0.2, -0.15) is 0 Å².